The summed E-state index contributed by atoms with van der Waals surface area (Å²) in [5.41, 5.74) is 0.955. The monoisotopic (exact) mass is 290 g/mol. The van der Waals surface area contributed by atoms with Crippen LogP contribution in [0.3, 0.4) is 0 Å². The van der Waals surface area contributed by atoms with Gasteiger partial charge in [0.1, 0.15) is 0 Å². The van der Waals surface area contributed by atoms with Crippen molar-refractivity contribution in [3.63, 3.8) is 0 Å². The molecule has 0 saturated heterocycles. The number of ether oxygens (including phenoxy) is 3. The van der Waals surface area contributed by atoms with Crippen LogP contribution in [-0.4, -0.2) is 26.8 Å². The van der Waals surface area contributed by atoms with Gasteiger partial charge in [-0.05, 0) is 24.1 Å². The first kappa shape index (κ1) is 16.8. The zero-order valence-electron chi connectivity index (χ0n) is 12.8. The first-order valence-corrected chi connectivity index (χ1v) is 6.94. The van der Waals surface area contributed by atoms with Crippen LogP contribution in [0.5, 0.6) is 11.5 Å². The van der Waals surface area contributed by atoms with Gasteiger partial charge in [0.15, 0.2) is 11.5 Å². The first-order chi connectivity index (χ1) is 10.2. The summed E-state index contributed by atoms with van der Waals surface area (Å²) in [5.74, 6) is 1.03. The van der Waals surface area contributed by atoms with Crippen molar-refractivity contribution in [3.05, 3.63) is 42.0 Å². The second-order valence-corrected chi connectivity index (χ2v) is 4.35. The fourth-order valence-electron chi connectivity index (χ4n) is 1.62. The summed E-state index contributed by atoms with van der Waals surface area (Å²) in [7, 11) is 3.19. The third-order valence-electron chi connectivity index (χ3n) is 2.78. The van der Waals surface area contributed by atoms with Crippen LogP contribution in [-0.2, 0) is 9.53 Å². The summed E-state index contributed by atoms with van der Waals surface area (Å²) in [5, 5.41) is 0. The Hall–Kier alpha value is -2.23. The molecule has 0 unspecified atom stereocenters. The summed E-state index contributed by atoms with van der Waals surface area (Å²) < 4.78 is 15.4. The Labute approximate surface area is 126 Å². The number of carbonyl (C=O) groups is 1. The topological polar surface area (TPSA) is 44.8 Å². The van der Waals surface area contributed by atoms with E-state index < -0.39 is 0 Å². The number of carbonyl (C=O) groups excluding carboxylic acids is 1. The highest BCUT2D eigenvalue weighted by atomic mass is 16.5. The molecule has 0 bridgehead atoms. The molecular formula is C17H22O4. The molecule has 114 valence electrons. The number of hydrogen-bond acceptors (Lipinski definition) is 4. The maximum atomic E-state index is 11.3. The van der Waals surface area contributed by atoms with Gasteiger partial charge in [-0.2, -0.15) is 0 Å². The lowest BCUT2D eigenvalue weighted by molar-refractivity contribution is -0.137. The van der Waals surface area contributed by atoms with Gasteiger partial charge >= 0.3 is 5.97 Å². The molecule has 4 nitrogen and oxygen atoms in total. The summed E-state index contributed by atoms with van der Waals surface area (Å²) in [4.78, 5) is 11.3. The summed E-state index contributed by atoms with van der Waals surface area (Å²) >= 11 is 0. The minimum atomic E-state index is -0.319. The van der Waals surface area contributed by atoms with Gasteiger partial charge in [-0.3, -0.25) is 0 Å². The lowest BCUT2D eigenvalue weighted by Crippen LogP contribution is -2.01. The van der Waals surface area contributed by atoms with Crippen LogP contribution in [0.15, 0.2) is 36.4 Å². The van der Waals surface area contributed by atoms with Crippen LogP contribution < -0.4 is 9.47 Å². The van der Waals surface area contributed by atoms with E-state index in [-0.39, 0.29) is 5.97 Å². The lowest BCUT2D eigenvalue weighted by Gasteiger charge is -2.07. The van der Waals surface area contributed by atoms with Crippen molar-refractivity contribution in [2.24, 2.45) is 0 Å². The van der Waals surface area contributed by atoms with Gasteiger partial charge in [-0.15, -0.1) is 0 Å². The van der Waals surface area contributed by atoms with Gasteiger partial charge in [-0.25, -0.2) is 4.79 Å². The van der Waals surface area contributed by atoms with Crippen molar-refractivity contribution in [3.8, 4) is 11.5 Å². The van der Waals surface area contributed by atoms with Crippen LogP contribution in [0.2, 0.25) is 0 Å². The average molecular weight is 290 g/mol. The minimum Gasteiger partial charge on any atom is -0.493 e. The molecule has 0 N–H and O–H groups in total. The van der Waals surface area contributed by atoms with Gasteiger partial charge in [0.25, 0.3) is 0 Å². The van der Waals surface area contributed by atoms with E-state index in [9.17, 15) is 4.79 Å². The Bertz CT molecular complexity index is 504. The molecule has 0 saturated carbocycles. The second-order valence-electron chi connectivity index (χ2n) is 4.35. The van der Waals surface area contributed by atoms with Crippen molar-refractivity contribution in [1.82, 2.24) is 0 Å². The van der Waals surface area contributed by atoms with E-state index in [2.05, 4.69) is 6.92 Å². The van der Waals surface area contributed by atoms with E-state index in [1.165, 1.54) is 6.08 Å². The number of rotatable bonds is 8. The minimum absolute atomic E-state index is 0.319. The van der Waals surface area contributed by atoms with Crippen molar-refractivity contribution in [2.75, 3.05) is 20.8 Å². The Kier molecular flexibility index (Phi) is 7.72. The molecular weight excluding hydrogens is 268 g/mol. The van der Waals surface area contributed by atoms with Gasteiger partial charge < -0.3 is 14.2 Å². The molecule has 0 aromatic heterocycles. The van der Waals surface area contributed by atoms with Crippen LogP contribution in [0, 0.1) is 0 Å². The number of esters is 1. The summed E-state index contributed by atoms with van der Waals surface area (Å²) in [6, 6.07) is 5.61. The third-order valence-corrected chi connectivity index (χ3v) is 2.78. The van der Waals surface area contributed by atoms with E-state index in [0.717, 1.165) is 18.4 Å². The molecule has 0 aliphatic heterocycles. The second kappa shape index (κ2) is 9.64. The number of allylic oxidation sites excluding steroid dienone is 2. The maximum Gasteiger partial charge on any atom is 0.330 e. The highest BCUT2D eigenvalue weighted by molar-refractivity contribution is 5.82. The highest BCUT2D eigenvalue weighted by Gasteiger charge is 2.02. The normalized spacial score (nSPS) is 11.0. The first-order valence-electron chi connectivity index (χ1n) is 6.94. The zero-order valence-corrected chi connectivity index (χ0v) is 12.8. The van der Waals surface area contributed by atoms with Gasteiger partial charge in [0, 0.05) is 6.08 Å². The maximum absolute atomic E-state index is 11.3. The Morgan fingerprint density at radius 1 is 1.14 bits per heavy atom. The Morgan fingerprint density at radius 3 is 2.57 bits per heavy atom. The number of benzene rings is 1. The number of methoxy groups -OCH3 is 2. The quantitative estimate of drug-likeness (QED) is 0.317. The fourth-order valence-corrected chi connectivity index (χ4v) is 1.62. The molecule has 1 aromatic carbocycles. The molecule has 0 aliphatic rings. The molecule has 0 radical (unpaired) electrons. The Balaban J connectivity index is 2.55. The molecule has 1 rings (SSSR count). The van der Waals surface area contributed by atoms with E-state index in [0.29, 0.717) is 18.1 Å². The summed E-state index contributed by atoms with van der Waals surface area (Å²) in [6.07, 6.45) is 8.62. The molecule has 0 aliphatic carbocycles. The van der Waals surface area contributed by atoms with Crippen LogP contribution in [0.1, 0.15) is 25.3 Å². The Morgan fingerprint density at radius 2 is 1.90 bits per heavy atom. The van der Waals surface area contributed by atoms with Gasteiger partial charge in [0.2, 0.25) is 0 Å². The molecule has 1 aromatic rings. The molecule has 0 fully saturated rings. The van der Waals surface area contributed by atoms with E-state index in [4.69, 9.17) is 14.2 Å². The zero-order chi connectivity index (χ0) is 15.5. The molecule has 0 heterocycles. The van der Waals surface area contributed by atoms with Gasteiger partial charge in [0.05, 0.1) is 20.8 Å². The lowest BCUT2D eigenvalue weighted by atomic mass is 10.2. The van der Waals surface area contributed by atoms with E-state index in [1.807, 2.05) is 24.3 Å². The SMILES string of the molecule is CCCCOC(=O)/C=C/C=C/c1ccc(OC)c(OC)c1. The standard InChI is InChI=1S/C17H22O4/c1-4-5-12-21-17(18)9-7-6-8-14-10-11-15(19-2)16(13-14)20-3/h6-11,13H,4-5,12H2,1-3H3/b8-6+,9-7+. The summed E-state index contributed by atoms with van der Waals surface area (Å²) in [6.45, 7) is 2.52. The van der Waals surface area contributed by atoms with Crippen molar-refractivity contribution in [1.29, 1.82) is 0 Å². The molecule has 0 amide bonds. The molecule has 0 spiro atoms. The number of unbranched alkanes of at least 4 members (excludes halogenated alkanes) is 1. The molecule has 0 atom stereocenters. The molecule has 21 heavy (non-hydrogen) atoms. The predicted molar refractivity (Wildman–Crippen MR) is 83.6 cm³/mol. The molecule has 4 heteroatoms. The van der Waals surface area contributed by atoms with Gasteiger partial charge in [-0.1, -0.05) is 37.6 Å². The third kappa shape index (κ3) is 6.17. The van der Waals surface area contributed by atoms with Crippen LogP contribution in [0.4, 0.5) is 0 Å². The van der Waals surface area contributed by atoms with Crippen molar-refractivity contribution < 1.29 is 19.0 Å². The number of hydrogen-bond donors (Lipinski definition) is 0. The smallest absolute Gasteiger partial charge is 0.330 e. The van der Waals surface area contributed by atoms with Crippen LogP contribution >= 0.6 is 0 Å². The average Bonchev–Trinajstić information content (AvgIpc) is 2.51. The largest absolute Gasteiger partial charge is 0.493 e. The highest BCUT2D eigenvalue weighted by Crippen LogP contribution is 2.27. The fraction of sp³-hybridized carbons (Fsp3) is 0.353. The van der Waals surface area contributed by atoms with E-state index in [1.54, 1.807) is 26.4 Å². The van der Waals surface area contributed by atoms with Crippen molar-refractivity contribution in [2.45, 2.75) is 19.8 Å². The predicted octanol–water partition coefficient (Wildman–Crippen LogP) is 3.62. The van der Waals surface area contributed by atoms with E-state index >= 15 is 0 Å². The van der Waals surface area contributed by atoms with Crippen molar-refractivity contribution >= 4 is 12.0 Å². The van der Waals surface area contributed by atoms with Crippen LogP contribution in [0.25, 0.3) is 6.08 Å².